The summed E-state index contributed by atoms with van der Waals surface area (Å²) < 4.78 is 15.8. The molecule has 1 N–H and O–H groups in total. The van der Waals surface area contributed by atoms with E-state index in [4.69, 9.17) is 19.2 Å². The van der Waals surface area contributed by atoms with Crippen molar-refractivity contribution in [3.8, 4) is 17.2 Å². The molecule has 0 aliphatic carbocycles. The van der Waals surface area contributed by atoms with Crippen LogP contribution in [0.25, 0.3) is 0 Å². The molecule has 1 aromatic heterocycles. The minimum absolute atomic E-state index is 0.299. The molecular weight excluding hydrogens is 572 g/mol. The highest BCUT2D eigenvalue weighted by Crippen LogP contribution is 2.22. The highest BCUT2D eigenvalue weighted by Gasteiger charge is 2.12. The van der Waals surface area contributed by atoms with Crippen LogP contribution in [0.4, 0.5) is 11.6 Å². The fraction of sp³-hybridized carbons (Fsp3) is 0.143. The molecule has 0 fully saturated rings. The molecular formula is C35H32N4O6. The standard InChI is InChI=1S/C35H32N4O6/c1-21(2)32(40)43-27-13-7-24(8-14-27)19-30-37-31(20-25-9-15-28(16-10-25)44-33(41)22(3)4)39-35(38-30)36-26-11-17-29(18-12-26)45-34(42)23(5)6/h7-18H,1,3,5,19-20H2,2,4,6H3,(H,36,37,38,39). The van der Waals surface area contributed by atoms with Crippen LogP contribution < -0.4 is 19.5 Å². The lowest BCUT2D eigenvalue weighted by Crippen LogP contribution is -2.10. The summed E-state index contributed by atoms with van der Waals surface area (Å²) in [5.74, 6) is 1.02. The monoisotopic (exact) mass is 604 g/mol. The zero-order valence-electron chi connectivity index (χ0n) is 25.3. The van der Waals surface area contributed by atoms with Gasteiger partial charge in [-0.05, 0) is 80.4 Å². The van der Waals surface area contributed by atoms with Gasteiger partial charge in [-0.3, -0.25) is 0 Å². The molecule has 0 bridgehead atoms. The van der Waals surface area contributed by atoms with Gasteiger partial charge in [0.15, 0.2) is 0 Å². The summed E-state index contributed by atoms with van der Waals surface area (Å²) in [6.07, 6.45) is 0.759. The second-order valence-electron chi connectivity index (χ2n) is 10.3. The van der Waals surface area contributed by atoms with Crippen LogP contribution in [0.15, 0.2) is 109 Å². The first-order valence-electron chi connectivity index (χ1n) is 13.9. The van der Waals surface area contributed by atoms with Crippen LogP contribution in [0, 0.1) is 0 Å². The number of hydrogen-bond acceptors (Lipinski definition) is 10. The molecule has 0 atom stereocenters. The van der Waals surface area contributed by atoms with E-state index >= 15 is 0 Å². The van der Waals surface area contributed by atoms with Crippen LogP contribution >= 0.6 is 0 Å². The van der Waals surface area contributed by atoms with Gasteiger partial charge in [-0.25, -0.2) is 19.4 Å². The van der Waals surface area contributed by atoms with Crippen LogP contribution in [0.2, 0.25) is 0 Å². The first-order chi connectivity index (χ1) is 21.4. The van der Waals surface area contributed by atoms with E-state index in [2.05, 4.69) is 35.0 Å². The summed E-state index contributed by atoms with van der Waals surface area (Å²) in [5.41, 5.74) is 3.36. The molecule has 0 aliphatic heterocycles. The molecule has 1 heterocycles. The molecule has 0 spiro atoms. The van der Waals surface area contributed by atoms with Crippen molar-refractivity contribution in [2.45, 2.75) is 33.6 Å². The van der Waals surface area contributed by atoms with Crippen molar-refractivity contribution in [2.75, 3.05) is 5.32 Å². The van der Waals surface area contributed by atoms with Gasteiger partial charge in [-0.1, -0.05) is 44.0 Å². The molecule has 0 saturated heterocycles. The first kappa shape index (κ1) is 32.0. The van der Waals surface area contributed by atoms with Gasteiger partial charge in [0.1, 0.15) is 28.9 Å². The third-order valence-electron chi connectivity index (χ3n) is 6.09. The van der Waals surface area contributed by atoms with E-state index in [9.17, 15) is 14.4 Å². The zero-order chi connectivity index (χ0) is 32.5. The molecule has 0 unspecified atom stereocenters. The SMILES string of the molecule is C=C(C)C(=O)Oc1ccc(Cc2nc(Cc3ccc(OC(=O)C(=C)C)cc3)nc(Nc3ccc(OC(=O)C(=C)C)cc3)n2)cc1. The molecule has 10 nitrogen and oxygen atoms in total. The Morgan fingerprint density at radius 1 is 0.556 bits per heavy atom. The van der Waals surface area contributed by atoms with E-state index in [1.165, 1.54) is 0 Å². The van der Waals surface area contributed by atoms with Crippen molar-refractivity contribution in [1.82, 2.24) is 15.0 Å². The number of ether oxygens (including phenoxy) is 3. The van der Waals surface area contributed by atoms with Crippen LogP contribution in [0.1, 0.15) is 43.5 Å². The summed E-state index contributed by atoms with van der Waals surface area (Å²) in [6.45, 7) is 15.5. The fourth-order valence-electron chi connectivity index (χ4n) is 3.72. The van der Waals surface area contributed by atoms with Crippen LogP contribution in [-0.2, 0) is 27.2 Å². The Bertz CT molecular complexity index is 1540. The maximum Gasteiger partial charge on any atom is 0.338 e. The van der Waals surface area contributed by atoms with Crippen molar-refractivity contribution in [1.29, 1.82) is 0 Å². The lowest BCUT2D eigenvalue weighted by Gasteiger charge is -2.11. The summed E-state index contributed by atoms with van der Waals surface area (Å²) >= 11 is 0. The number of nitrogens with zero attached hydrogens (tertiary/aromatic N) is 3. The second-order valence-corrected chi connectivity index (χ2v) is 10.3. The van der Waals surface area contributed by atoms with Crippen molar-refractivity contribution in [2.24, 2.45) is 0 Å². The minimum atomic E-state index is -0.508. The summed E-state index contributed by atoms with van der Waals surface area (Å²) in [6, 6.07) is 20.9. The second kappa shape index (κ2) is 14.5. The number of hydrogen-bond donors (Lipinski definition) is 1. The van der Waals surface area contributed by atoms with Crippen molar-refractivity contribution in [3.63, 3.8) is 0 Å². The molecule has 0 radical (unpaired) electrons. The molecule has 228 valence electrons. The van der Waals surface area contributed by atoms with E-state index in [-0.39, 0.29) is 0 Å². The maximum absolute atomic E-state index is 11.8. The summed E-state index contributed by atoms with van der Waals surface area (Å²) in [7, 11) is 0. The lowest BCUT2D eigenvalue weighted by molar-refractivity contribution is -0.130. The third-order valence-corrected chi connectivity index (χ3v) is 6.09. The maximum atomic E-state index is 11.8. The molecule has 3 aromatic carbocycles. The van der Waals surface area contributed by atoms with Crippen LogP contribution in [0.3, 0.4) is 0 Å². The molecule has 10 heteroatoms. The number of carbonyl (C=O) groups is 3. The molecule has 0 saturated carbocycles. The van der Waals surface area contributed by atoms with Crippen molar-refractivity contribution >= 4 is 29.5 Å². The van der Waals surface area contributed by atoms with Crippen molar-refractivity contribution < 1.29 is 28.6 Å². The first-order valence-corrected chi connectivity index (χ1v) is 13.9. The van der Waals surface area contributed by atoms with E-state index in [0.717, 1.165) is 11.1 Å². The van der Waals surface area contributed by atoms with Crippen LogP contribution in [-0.4, -0.2) is 32.9 Å². The number of rotatable bonds is 12. The average Bonchev–Trinajstić information content (AvgIpc) is 3.00. The van der Waals surface area contributed by atoms with Gasteiger partial charge in [0.05, 0.1) is 0 Å². The highest BCUT2D eigenvalue weighted by atomic mass is 16.5. The Morgan fingerprint density at radius 2 is 0.889 bits per heavy atom. The van der Waals surface area contributed by atoms with Gasteiger partial charge >= 0.3 is 17.9 Å². The summed E-state index contributed by atoms with van der Waals surface area (Å²) in [5, 5.41) is 3.19. The predicted molar refractivity (Wildman–Crippen MR) is 169 cm³/mol. The highest BCUT2D eigenvalue weighted by molar-refractivity contribution is 5.89. The van der Waals surface area contributed by atoms with Gasteiger partial charge in [-0.15, -0.1) is 0 Å². The van der Waals surface area contributed by atoms with E-state index in [1.54, 1.807) is 69.3 Å². The molecule has 45 heavy (non-hydrogen) atoms. The Hall–Kier alpha value is -5.90. The predicted octanol–water partition coefficient (Wildman–Crippen LogP) is 6.24. The van der Waals surface area contributed by atoms with E-state index in [0.29, 0.717) is 70.1 Å². The number of esters is 3. The summed E-state index contributed by atoms with van der Waals surface area (Å²) in [4.78, 5) is 49.5. The minimum Gasteiger partial charge on any atom is -0.423 e. The number of nitrogens with one attached hydrogen (secondary N) is 1. The number of aromatic nitrogens is 3. The van der Waals surface area contributed by atoms with Crippen LogP contribution in [0.5, 0.6) is 17.2 Å². The van der Waals surface area contributed by atoms with Gasteiger partial charge in [-0.2, -0.15) is 9.97 Å². The smallest absolute Gasteiger partial charge is 0.338 e. The zero-order valence-corrected chi connectivity index (χ0v) is 25.3. The molecule has 4 rings (SSSR count). The quantitative estimate of drug-likeness (QED) is 0.113. The molecule has 0 amide bonds. The van der Waals surface area contributed by atoms with E-state index < -0.39 is 17.9 Å². The molecule has 4 aromatic rings. The fourth-order valence-corrected chi connectivity index (χ4v) is 3.72. The average molecular weight is 605 g/mol. The Kier molecular flexibility index (Phi) is 10.3. The van der Waals surface area contributed by atoms with Gasteiger partial charge < -0.3 is 19.5 Å². The number of anilines is 2. The third kappa shape index (κ3) is 9.55. The normalized spacial score (nSPS) is 10.4. The number of carbonyl (C=O) groups excluding carboxylic acids is 3. The Labute approximate surface area is 261 Å². The lowest BCUT2D eigenvalue weighted by atomic mass is 10.1. The van der Waals surface area contributed by atoms with Gasteiger partial charge in [0.25, 0.3) is 0 Å². The number of benzene rings is 3. The van der Waals surface area contributed by atoms with Crippen molar-refractivity contribution in [3.05, 3.63) is 132 Å². The Balaban J connectivity index is 1.56. The van der Waals surface area contributed by atoms with Gasteiger partial charge in [0, 0.05) is 35.2 Å². The van der Waals surface area contributed by atoms with E-state index in [1.807, 2.05) is 24.3 Å². The topological polar surface area (TPSA) is 130 Å². The van der Waals surface area contributed by atoms with Gasteiger partial charge in [0.2, 0.25) is 5.95 Å². The Morgan fingerprint density at radius 3 is 1.22 bits per heavy atom. The molecule has 0 aliphatic rings. The largest absolute Gasteiger partial charge is 0.423 e.